The second-order valence-corrected chi connectivity index (χ2v) is 5.17. The van der Waals surface area contributed by atoms with Gasteiger partial charge in [0.15, 0.2) is 0 Å². The molecule has 1 fully saturated rings. The van der Waals surface area contributed by atoms with Crippen molar-refractivity contribution in [2.24, 2.45) is 0 Å². The lowest BCUT2D eigenvalue weighted by Gasteiger charge is -2.12. The highest BCUT2D eigenvalue weighted by Crippen LogP contribution is 2.17. The standard InChI is InChI=1S/C14H15N3O3S/c18-12-10-21-14(20)17(12)9-8-16-13(19)15-7-6-11-4-2-1-3-5-11/h1-7H,8-10H2,(H2,15,16,19)/b7-6+. The molecule has 1 saturated heterocycles. The van der Waals surface area contributed by atoms with Gasteiger partial charge >= 0.3 is 6.03 Å². The predicted molar refractivity (Wildman–Crippen MR) is 81.6 cm³/mol. The van der Waals surface area contributed by atoms with Crippen molar-refractivity contribution in [2.75, 3.05) is 18.8 Å². The van der Waals surface area contributed by atoms with Crippen LogP contribution in [-0.2, 0) is 4.79 Å². The summed E-state index contributed by atoms with van der Waals surface area (Å²) in [5, 5.41) is 4.88. The molecule has 0 bridgehead atoms. The predicted octanol–water partition coefficient (Wildman–Crippen LogP) is 1.65. The maximum atomic E-state index is 11.5. The molecule has 0 saturated carbocycles. The fourth-order valence-corrected chi connectivity index (χ4v) is 2.46. The number of nitrogens with one attached hydrogen (secondary N) is 2. The third-order valence-corrected chi connectivity index (χ3v) is 3.61. The third kappa shape index (κ3) is 4.64. The average Bonchev–Trinajstić information content (AvgIpc) is 2.80. The second-order valence-electron chi connectivity index (χ2n) is 4.24. The van der Waals surface area contributed by atoms with Crippen molar-refractivity contribution in [3.63, 3.8) is 0 Å². The van der Waals surface area contributed by atoms with Gasteiger partial charge in [0.25, 0.3) is 5.24 Å². The topological polar surface area (TPSA) is 78.5 Å². The first kappa shape index (κ1) is 15.1. The molecule has 1 aromatic rings. The number of hydrogen-bond donors (Lipinski definition) is 2. The molecule has 1 heterocycles. The summed E-state index contributed by atoms with van der Waals surface area (Å²) in [6.07, 6.45) is 3.30. The minimum absolute atomic E-state index is 0.185. The fourth-order valence-electron chi connectivity index (χ4n) is 1.71. The van der Waals surface area contributed by atoms with E-state index in [1.807, 2.05) is 30.3 Å². The highest BCUT2D eigenvalue weighted by molar-refractivity contribution is 8.14. The molecule has 0 aromatic heterocycles. The smallest absolute Gasteiger partial charge is 0.318 e. The number of urea groups is 1. The Morgan fingerprint density at radius 3 is 2.71 bits per heavy atom. The number of rotatable bonds is 5. The minimum Gasteiger partial charge on any atom is -0.336 e. The first-order valence-electron chi connectivity index (χ1n) is 6.40. The molecule has 1 aromatic carbocycles. The number of nitrogens with zero attached hydrogens (tertiary/aromatic N) is 1. The first-order valence-corrected chi connectivity index (χ1v) is 7.38. The van der Waals surface area contributed by atoms with Gasteiger partial charge in [0.05, 0.1) is 5.75 Å². The molecule has 0 aliphatic carbocycles. The normalized spacial score (nSPS) is 14.8. The Morgan fingerprint density at radius 2 is 2.05 bits per heavy atom. The highest BCUT2D eigenvalue weighted by Gasteiger charge is 2.29. The summed E-state index contributed by atoms with van der Waals surface area (Å²) in [5.74, 6) is -0.0265. The Hall–Kier alpha value is -2.28. The zero-order chi connectivity index (χ0) is 15.1. The Balaban J connectivity index is 1.67. The van der Waals surface area contributed by atoms with Crippen molar-refractivity contribution in [1.29, 1.82) is 0 Å². The Bertz CT molecular complexity index is 544. The van der Waals surface area contributed by atoms with Crippen LogP contribution in [-0.4, -0.2) is 40.9 Å². The van der Waals surface area contributed by atoms with Gasteiger partial charge in [0.1, 0.15) is 0 Å². The summed E-state index contributed by atoms with van der Waals surface area (Å²) in [6, 6.07) is 9.17. The van der Waals surface area contributed by atoms with Gasteiger partial charge in [-0.25, -0.2) is 4.79 Å². The molecule has 1 aliphatic heterocycles. The van der Waals surface area contributed by atoms with Crippen LogP contribution in [0.3, 0.4) is 0 Å². The monoisotopic (exact) mass is 305 g/mol. The molecular formula is C14H15N3O3S. The van der Waals surface area contributed by atoms with Crippen molar-refractivity contribution in [1.82, 2.24) is 15.5 Å². The molecule has 110 valence electrons. The molecule has 6 nitrogen and oxygen atoms in total. The fraction of sp³-hybridized carbons (Fsp3) is 0.214. The van der Waals surface area contributed by atoms with Gasteiger partial charge in [-0.1, -0.05) is 42.1 Å². The van der Waals surface area contributed by atoms with Crippen LogP contribution >= 0.6 is 11.8 Å². The van der Waals surface area contributed by atoms with E-state index in [4.69, 9.17) is 0 Å². The van der Waals surface area contributed by atoms with Crippen LogP contribution < -0.4 is 10.6 Å². The molecule has 0 atom stereocenters. The van der Waals surface area contributed by atoms with Gasteiger partial charge in [-0.05, 0) is 11.6 Å². The van der Waals surface area contributed by atoms with Crippen LogP contribution in [0.5, 0.6) is 0 Å². The molecule has 4 amide bonds. The Morgan fingerprint density at radius 1 is 1.29 bits per heavy atom. The van der Waals surface area contributed by atoms with Crippen LogP contribution in [0, 0.1) is 0 Å². The van der Waals surface area contributed by atoms with E-state index in [1.54, 1.807) is 6.08 Å². The summed E-state index contributed by atoms with van der Waals surface area (Å²) in [5.41, 5.74) is 0.975. The zero-order valence-electron chi connectivity index (χ0n) is 11.2. The third-order valence-electron chi connectivity index (χ3n) is 2.75. The summed E-state index contributed by atoms with van der Waals surface area (Å²) < 4.78 is 0. The van der Waals surface area contributed by atoms with E-state index in [9.17, 15) is 14.4 Å². The molecule has 7 heteroatoms. The van der Waals surface area contributed by atoms with E-state index in [-0.39, 0.29) is 36.0 Å². The van der Waals surface area contributed by atoms with E-state index >= 15 is 0 Å². The summed E-state index contributed by atoms with van der Waals surface area (Å²) >= 11 is 0.982. The zero-order valence-corrected chi connectivity index (χ0v) is 12.1. The van der Waals surface area contributed by atoms with Gasteiger partial charge in [-0.3, -0.25) is 14.5 Å². The van der Waals surface area contributed by atoms with E-state index < -0.39 is 0 Å². The van der Waals surface area contributed by atoms with Gasteiger partial charge in [-0.2, -0.15) is 0 Å². The minimum atomic E-state index is -0.381. The van der Waals surface area contributed by atoms with Crippen molar-refractivity contribution in [3.05, 3.63) is 42.1 Å². The summed E-state index contributed by atoms with van der Waals surface area (Å²) in [6.45, 7) is 0.420. The largest absolute Gasteiger partial charge is 0.336 e. The van der Waals surface area contributed by atoms with Gasteiger partial charge < -0.3 is 10.6 Å². The molecule has 0 spiro atoms. The van der Waals surface area contributed by atoms with E-state index in [1.165, 1.54) is 6.20 Å². The van der Waals surface area contributed by atoms with Crippen molar-refractivity contribution in [2.45, 2.75) is 0 Å². The number of amides is 4. The van der Waals surface area contributed by atoms with E-state index in [0.29, 0.717) is 0 Å². The summed E-state index contributed by atoms with van der Waals surface area (Å²) in [7, 11) is 0. The van der Waals surface area contributed by atoms with E-state index in [2.05, 4.69) is 10.6 Å². The molecule has 0 radical (unpaired) electrons. The van der Waals surface area contributed by atoms with Crippen LogP contribution in [0.15, 0.2) is 36.5 Å². The second kappa shape index (κ2) is 7.49. The Kier molecular flexibility index (Phi) is 5.39. The maximum absolute atomic E-state index is 11.5. The quantitative estimate of drug-likeness (QED) is 0.867. The molecule has 0 unspecified atom stereocenters. The average molecular weight is 305 g/mol. The van der Waals surface area contributed by atoms with Crippen molar-refractivity contribution >= 4 is 35.0 Å². The maximum Gasteiger partial charge on any atom is 0.318 e. The lowest BCUT2D eigenvalue weighted by atomic mass is 10.2. The summed E-state index contributed by atoms with van der Waals surface area (Å²) in [4.78, 5) is 35.3. The van der Waals surface area contributed by atoms with Crippen LogP contribution in [0.2, 0.25) is 0 Å². The highest BCUT2D eigenvalue weighted by atomic mass is 32.2. The van der Waals surface area contributed by atoms with E-state index in [0.717, 1.165) is 22.2 Å². The molecule has 21 heavy (non-hydrogen) atoms. The van der Waals surface area contributed by atoms with Gasteiger partial charge in [0.2, 0.25) is 5.91 Å². The lowest BCUT2D eigenvalue weighted by molar-refractivity contribution is -0.124. The van der Waals surface area contributed by atoms with Crippen molar-refractivity contribution in [3.8, 4) is 0 Å². The molecule has 2 rings (SSSR count). The van der Waals surface area contributed by atoms with Gasteiger partial charge in [0, 0.05) is 19.3 Å². The molecule has 2 N–H and O–H groups in total. The Labute approximate surface area is 126 Å². The SMILES string of the molecule is O=C(N/C=C/c1ccccc1)NCCN1C(=O)CSC1=O. The lowest BCUT2D eigenvalue weighted by Crippen LogP contribution is -2.40. The van der Waals surface area contributed by atoms with Crippen molar-refractivity contribution < 1.29 is 14.4 Å². The number of hydrogen-bond acceptors (Lipinski definition) is 4. The molecule has 1 aliphatic rings. The first-order chi connectivity index (χ1) is 10.2. The number of benzene rings is 1. The number of thioether (sulfide) groups is 1. The number of carbonyl (C=O) groups excluding carboxylic acids is 3. The molecular weight excluding hydrogens is 290 g/mol. The number of imide groups is 1. The number of carbonyl (C=O) groups is 3. The van der Waals surface area contributed by atoms with Crippen LogP contribution in [0.4, 0.5) is 9.59 Å². The van der Waals surface area contributed by atoms with Gasteiger partial charge in [-0.15, -0.1) is 0 Å². The van der Waals surface area contributed by atoms with Crippen LogP contribution in [0.1, 0.15) is 5.56 Å². The van der Waals surface area contributed by atoms with Crippen LogP contribution in [0.25, 0.3) is 6.08 Å².